The second kappa shape index (κ2) is 12.8. The minimum Gasteiger partial charge on any atom is -0.508 e. The van der Waals surface area contributed by atoms with Gasteiger partial charge in [-0.15, -0.1) is 0 Å². The van der Waals surface area contributed by atoms with E-state index in [0.717, 1.165) is 67.6 Å². The monoisotopic (exact) mass is 607 g/mol. The molecule has 2 aliphatic heterocycles. The highest BCUT2D eigenvalue weighted by atomic mass is 16.5. The molecular formula is C40H51N2O3+. The Hall–Kier alpha value is -3.28. The Labute approximate surface area is 269 Å². The standard InChI is InChI=1S/C40H50N2O3/c1-3-24-42(41-28-31(22-21-30-15-8-5-9-16-30)18-11-10-17-29-13-6-4-7-14-29)25-23-40-33-19-12-20-37(40)45-39-36(44-2)27-35(43)32(38(39)40)26-34(33)42/h3-9,13-16,27,31,33-34,37,41H,1,10-12,17-26,28H2,2H3/p+1/t31?,33-,34+,37-,40+,42?/m0/s1. The Morgan fingerprint density at radius 3 is 2.53 bits per heavy atom. The zero-order valence-electron chi connectivity index (χ0n) is 27.1. The van der Waals surface area contributed by atoms with Crippen LogP contribution in [0.2, 0.25) is 0 Å². The van der Waals surface area contributed by atoms with E-state index in [-0.39, 0.29) is 11.5 Å². The van der Waals surface area contributed by atoms with E-state index < -0.39 is 0 Å². The molecule has 2 heterocycles. The largest absolute Gasteiger partial charge is 0.508 e. The van der Waals surface area contributed by atoms with E-state index in [1.54, 1.807) is 13.2 Å². The van der Waals surface area contributed by atoms with Gasteiger partial charge in [0, 0.05) is 42.5 Å². The van der Waals surface area contributed by atoms with Gasteiger partial charge < -0.3 is 14.6 Å². The van der Waals surface area contributed by atoms with Gasteiger partial charge in [-0.25, -0.2) is 4.59 Å². The molecule has 3 aromatic rings. The van der Waals surface area contributed by atoms with Crippen LogP contribution in [-0.2, 0) is 24.7 Å². The lowest BCUT2D eigenvalue weighted by Crippen LogP contribution is -2.76. The highest BCUT2D eigenvalue weighted by molar-refractivity contribution is 5.65. The van der Waals surface area contributed by atoms with Crippen LogP contribution in [0.15, 0.2) is 79.4 Å². The molecule has 5 heteroatoms. The number of methoxy groups -OCH3 is 1. The summed E-state index contributed by atoms with van der Waals surface area (Å²) < 4.78 is 13.4. The Balaban J connectivity index is 1.13. The van der Waals surface area contributed by atoms with Gasteiger partial charge in [0.05, 0.1) is 19.1 Å². The minimum absolute atomic E-state index is 0.0212. The quantitative estimate of drug-likeness (QED) is 0.112. The number of piperidine rings is 1. The van der Waals surface area contributed by atoms with E-state index in [1.807, 2.05) is 0 Å². The summed E-state index contributed by atoms with van der Waals surface area (Å²) >= 11 is 0. The number of rotatable bonds is 14. The van der Waals surface area contributed by atoms with Gasteiger partial charge in [0.15, 0.2) is 11.5 Å². The molecule has 5 nitrogen and oxygen atoms in total. The summed E-state index contributed by atoms with van der Waals surface area (Å²) in [7, 11) is 1.69. The summed E-state index contributed by atoms with van der Waals surface area (Å²) in [4.78, 5) is 0. The molecule has 0 aromatic heterocycles. The van der Waals surface area contributed by atoms with E-state index in [1.165, 1.54) is 55.2 Å². The van der Waals surface area contributed by atoms with Crippen LogP contribution >= 0.6 is 0 Å². The van der Waals surface area contributed by atoms with Crippen LogP contribution in [-0.4, -0.2) is 48.6 Å². The molecule has 4 aliphatic rings. The third-order valence-corrected chi connectivity index (χ3v) is 11.9. The van der Waals surface area contributed by atoms with Crippen molar-refractivity contribution in [2.45, 2.75) is 88.2 Å². The molecular weight excluding hydrogens is 556 g/mol. The zero-order valence-corrected chi connectivity index (χ0v) is 27.1. The second-order valence-corrected chi connectivity index (χ2v) is 14.2. The molecule has 1 spiro atoms. The molecule has 3 aromatic carbocycles. The predicted octanol–water partition coefficient (Wildman–Crippen LogP) is 7.70. The molecule has 0 radical (unpaired) electrons. The fourth-order valence-electron chi connectivity index (χ4n) is 9.79. The summed E-state index contributed by atoms with van der Waals surface area (Å²) in [6, 6.07) is 24.1. The maximum Gasteiger partial charge on any atom is 0.166 e. The van der Waals surface area contributed by atoms with E-state index in [4.69, 9.17) is 9.47 Å². The number of hydrogen-bond donors (Lipinski definition) is 2. The fraction of sp³-hybridized carbons (Fsp3) is 0.500. The van der Waals surface area contributed by atoms with Crippen molar-refractivity contribution in [3.63, 3.8) is 0 Å². The van der Waals surface area contributed by atoms with Crippen LogP contribution < -0.4 is 14.9 Å². The van der Waals surface area contributed by atoms with Crippen molar-refractivity contribution in [1.82, 2.24) is 5.43 Å². The maximum atomic E-state index is 11.4. The van der Waals surface area contributed by atoms with Gasteiger partial charge in [-0.3, -0.25) is 0 Å². The fourth-order valence-corrected chi connectivity index (χ4v) is 9.79. The first-order valence-electron chi connectivity index (χ1n) is 17.5. The lowest BCUT2D eigenvalue weighted by molar-refractivity contribution is -0.997. The third-order valence-electron chi connectivity index (χ3n) is 11.9. The molecule has 1 saturated carbocycles. The number of hydrogen-bond acceptors (Lipinski definition) is 4. The number of unbranched alkanes of at least 4 members (excludes halogenated alkanes) is 1. The normalized spacial score (nSPS) is 28.2. The van der Waals surface area contributed by atoms with Crippen molar-refractivity contribution in [3.8, 4) is 17.2 Å². The molecule has 238 valence electrons. The van der Waals surface area contributed by atoms with Gasteiger partial charge >= 0.3 is 0 Å². The molecule has 2 bridgehead atoms. The summed E-state index contributed by atoms with van der Waals surface area (Å²) in [6.45, 7) is 7.24. The van der Waals surface area contributed by atoms with E-state index in [9.17, 15) is 5.11 Å². The van der Waals surface area contributed by atoms with Crippen LogP contribution in [0.4, 0.5) is 0 Å². The Morgan fingerprint density at radius 2 is 1.80 bits per heavy atom. The first-order valence-corrected chi connectivity index (χ1v) is 17.5. The second-order valence-electron chi connectivity index (χ2n) is 14.2. The third kappa shape index (κ3) is 5.46. The number of aromatic hydroxyl groups is 1. The van der Waals surface area contributed by atoms with Gasteiger partial charge in [-0.2, -0.15) is 5.43 Å². The van der Waals surface area contributed by atoms with Crippen molar-refractivity contribution < 1.29 is 19.2 Å². The molecule has 2 unspecified atom stereocenters. The number of phenolic OH excluding ortho intramolecular Hbond substituents is 1. The number of phenols is 1. The summed E-state index contributed by atoms with van der Waals surface area (Å²) in [5.41, 5.74) is 9.47. The van der Waals surface area contributed by atoms with Crippen molar-refractivity contribution in [2.75, 3.05) is 26.7 Å². The van der Waals surface area contributed by atoms with Crippen molar-refractivity contribution in [2.24, 2.45) is 11.8 Å². The lowest BCUT2D eigenvalue weighted by atomic mass is 9.51. The number of aryl methyl sites for hydroxylation is 2. The van der Waals surface area contributed by atoms with E-state index in [0.29, 0.717) is 29.4 Å². The summed E-state index contributed by atoms with van der Waals surface area (Å²) in [6.07, 6.45) is 14.9. The first-order chi connectivity index (χ1) is 22.1. The molecule has 2 aliphatic carbocycles. The SMILES string of the molecule is C=CC[N+]1(NCC(CCCCc2ccccc2)CCc2ccccc2)CC[C@]23c4c5c(O)cc(OC)c4O[C@H]2CCC[C@H]3[C@H]1C5. The number of likely N-dealkylation sites (tertiary alicyclic amines) is 1. The lowest BCUT2D eigenvalue weighted by Gasteiger charge is -2.61. The van der Waals surface area contributed by atoms with Gasteiger partial charge in [-0.1, -0.05) is 73.7 Å². The minimum atomic E-state index is -0.0212. The average molecular weight is 608 g/mol. The summed E-state index contributed by atoms with van der Waals surface area (Å²) in [5, 5.41) is 11.4. The number of nitrogens with zero attached hydrogens (tertiary/aromatic N) is 1. The number of nitrogens with one attached hydrogen (secondary N) is 1. The van der Waals surface area contributed by atoms with Crippen LogP contribution in [0.5, 0.6) is 17.2 Å². The average Bonchev–Trinajstić information content (AvgIpc) is 3.41. The van der Waals surface area contributed by atoms with Crippen LogP contribution in [0.1, 0.15) is 73.6 Å². The molecule has 1 saturated heterocycles. The molecule has 2 fully saturated rings. The Kier molecular flexibility index (Phi) is 8.67. The highest BCUT2D eigenvalue weighted by Gasteiger charge is 2.68. The van der Waals surface area contributed by atoms with Crippen molar-refractivity contribution in [1.29, 1.82) is 0 Å². The Morgan fingerprint density at radius 1 is 1.04 bits per heavy atom. The van der Waals surface area contributed by atoms with E-state index >= 15 is 0 Å². The van der Waals surface area contributed by atoms with Crippen molar-refractivity contribution >= 4 is 0 Å². The molecule has 7 rings (SSSR count). The number of benzene rings is 3. The molecule has 45 heavy (non-hydrogen) atoms. The zero-order chi connectivity index (χ0) is 30.9. The molecule has 2 N–H and O–H groups in total. The smallest absolute Gasteiger partial charge is 0.166 e. The van der Waals surface area contributed by atoms with Crippen LogP contribution in [0, 0.1) is 11.8 Å². The van der Waals surface area contributed by atoms with E-state index in [2.05, 4.69) is 78.7 Å². The van der Waals surface area contributed by atoms with Crippen LogP contribution in [0.3, 0.4) is 0 Å². The Bertz CT molecular complexity index is 1480. The van der Waals surface area contributed by atoms with Crippen molar-refractivity contribution in [3.05, 3.63) is 102 Å². The predicted molar refractivity (Wildman–Crippen MR) is 181 cm³/mol. The first kappa shape index (κ1) is 30.4. The highest BCUT2D eigenvalue weighted by Crippen LogP contribution is 2.66. The topological polar surface area (TPSA) is 50.7 Å². The maximum absolute atomic E-state index is 11.4. The molecule has 6 atom stereocenters. The number of ether oxygens (including phenoxy) is 2. The van der Waals surface area contributed by atoms with Gasteiger partial charge in [0.25, 0.3) is 0 Å². The summed E-state index contributed by atoms with van der Waals surface area (Å²) in [5.74, 6) is 3.10. The molecule has 0 amide bonds. The van der Waals surface area contributed by atoms with Gasteiger partial charge in [-0.05, 0) is 74.5 Å². The number of quaternary nitrogens is 1. The van der Waals surface area contributed by atoms with Gasteiger partial charge in [0.1, 0.15) is 24.4 Å². The van der Waals surface area contributed by atoms with Gasteiger partial charge in [0.2, 0.25) is 0 Å². The van der Waals surface area contributed by atoms with Crippen LogP contribution in [0.25, 0.3) is 0 Å².